The molecule has 0 amide bonds. The lowest BCUT2D eigenvalue weighted by molar-refractivity contribution is -0.387. The minimum Gasteiger partial charge on any atom is -0.493 e. The summed E-state index contributed by atoms with van der Waals surface area (Å²) in [6.45, 7) is 3.44. The molecule has 0 aromatic heterocycles. The van der Waals surface area contributed by atoms with Crippen molar-refractivity contribution in [3.63, 3.8) is 0 Å². The molecule has 6 nitrogen and oxygen atoms in total. The number of nitro benzene ring substituents is 1. The van der Waals surface area contributed by atoms with E-state index in [0.717, 1.165) is 0 Å². The predicted molar refractivity (Wildman–Crippen MR) is 73.2 cm³/mol. The van der Waals surface area contributed by atoms with Crippen molar-refractivity contribution in [2.24, 2.45) is 0 Å². The minimum absolute atomic E-state index is 0.0600. The third kappa shape index (κ3) is 3.74. The molecule has 0 heterocycles. The molecule has 1 aromatic rings. The number of aliphatic hydroxyl groups is 1. The van der Waals surface area contributed by atoms with Crippen LogP contribution in [0.4, 0.5) is 5.69 Å². The third-order valence-corrected chi connectivity index (χ3v) is 4.00. The maximum Gasteiger partial charge on any atom is 0.286 e. The summed E-state index contributed by atoms with van der Waals surface area (Å²) in [6, 6.07) is 2.89. The van der Waals surface area contributed by atoms with Gasteiger partial charge in [-0.05, 0) is 6.92 Å². The van der Waals surface area contributed by atoms with Crippen LogP contribution in [0.5, 0.6) is 11.5 Å². The lowest BCUT2D eigenvalue weighted by atomic mass is 10.3. The third-order valence-electron chi connectivity index (χ3n) is 2.65. The van der Waals surface area contributed by atoms with Gasteiger partial charge in [0, 0.05) is 11.3 Å². The van der Waals surface area contributed by atoms with Crippen molar-refractivity contribution in [2.75, 3.05) is 14.2 Å². The summed E-state index contributed by atoms with van der Waals surface area (Å²) in [5.74, 6) is 0.733. The molecule has 0 radical (unpaired) electrons. The summed E-state index contributed by atoms with van der Waals surface area (Å²) in [6.07, 6.45) is -0.572. The monoisotopic (exact) mass is 287 g/mol. The lowest BCUT2D eigenvalue weighted by Crippen LogP contribution is -2.15. The SMILES string of the molecule is COc1cc(SC(C)C(C)O)c([N+](=O)[O-])cc1OC. The van der Waals surface area contributed by atoms with E-state index in [1.54, 1.807) is 19.9 Å². The van der Waals surface area contributed by atoms with Crippen molar-refractivity contribution in [1.29, 1.82) is 0 Å². The summed E-state index contributed by atoms with van der Waals surface area (Å²) >= 11 is 1.23. The zero-order valence-corrected chi connectivity index (χ0v) is 12.1. The van der Waals surface area contributed by atoms with Gasteiger partial charge in [0.1, 0.15) is 0 Å². The van der Waals surface area contributed by atoms with Crippen LogP contribution in [0, 0.1) is 10.1 Å². The Bertz CT molecular complexity index is 464. The van der Waals surface area contributed by atoms with E-state index in [1.807, 2.05) is 0 Å². The van der Waals surface area contributed by atoms with Gasteiger partial charge in [-0.15, -0.1) is 11.8 Å². The second kappa shape index (κ2) is 6.63. The van der Waals surface area contributed by atoms with E-state index >= 15 is 0 Å². The molecular weight excluding hydrogens is 270 g/mol. The number of hydrogen-bond donors (Lipinski definition) is 1. The molecule has 0 aliphatic heterocycles. The van der Waals surface area contributed by atoms with Crippen molar-refractivity contribution >= 4 is 17.4 Å². The molecule has 0 aliphatic carbocycles. The zero-order chi connectivity index (χ0) is 14.6. The molecule has 0 fully saturated rings. The number of nitrogens with zero attached hydrogens (tertiary/aromatic N) is 1. The van der Waals surface area contributed by atoms with Crippen LogP contribution in [-0.4, -0.2) is 35.6 Å². The quantitative estimate of drug-likeness (QED) is 0.492. The second-order valence-corrected chi connectivity index (χ2v) is 5.41. The van der Waals surface area contributed by atoms with Gasteiger partial charge < -0.3 is 14.6 Å². The standard InChI is InChI=1S/C12H17NO5S/c1-7(14)8(2)19-12-6-11(18-4)10(17-3)5-9(12)13(15)16/h5-8,14H,1-4H3. The number of methoxy groups -OCH3 is 2. The summed E-state index contributed by atoms with van der Waals surface area (Å²) in [5.41, 5.74) is -0.0600. The van der Waals surface area contributed by atoms with Gasteiger partial charge in [-0.2, -0.15) is 0 Å². The van der Waals surface area contributed by atoms with Crippen LogP contribution in [0.15, 0.2) is 17.0 Å². The van der Waals surface area contributed by atoms with Crippen LogP contribution < -0.4 is 9.47 Å². The average Bonchev–Trinajstić information content (AvgIpc) is 2.37. The normalized spacial score (nSPS) is 13.7. The molecule has 2 atom stereocenters. The Labute approximate surface area is 115 Å². The fourth-order valence-corrected chi connectivity index (χ4v) is 2.41. The van der Waals surface area contributed by atoms with Crippen LogP contribution in [0.25, 0.3) is 0 Å². The molecule has 7 heteroatoms. The fraction of sp³-hybridized carbons (Fsp3) is 0.500. The lowest BCUT2D eigenvalue weighted by Gasteiger charge is -2.15. The average molecular weight is 287 g/mol. The molecule has 2 unspecified atom stereocenters. The number of benzene rings is 1. The summed E-state index contributed by atoms with van der Waals surface area (Å²) in [4.78, 5) is 11.0. The predicted octanol–water partition coefficient (Wildman–Crippen LogP) is 2.47. The summed E-state index contributed by atoms with van der Waals surface area (Å²) in [7, 11) is 2.89. The number of aliphatic hydroxyl groups excluding tert-OH is 1. The topological polar surface area (TPSA) is 81.8 Å². The molecule has 0 saturated carbocycles. The highest BCUT2D eigenvalue weighted by atomic mass is 32.2. The Morgan fingerprint density at radius 3 is 2.21 bits per heavy atom. The first-order valence-electron chi connectivity index (χ1n) is 5.65. The fourth-order valence-electron chi connectivity index (χ4n) is 1.39. The molecule has 0 saturated heterocycles. The van der Waals surface area contributed by atoms with Crippen molar-refractivity contribution in [3.05, 3.63) is 22.2 Å². The van der Waals surface area contributed by atoms with E-state index in [2.05, 4.69) is 0 Å². The number of nitro groups is 1. The van der Waals surface area contributed by atoms with Crippen LogP contribution >= 0.6 is 11.8 Å². The van der Waals surface area contributed by atoms with E-state index in [-0.39, 0.29) is 10.9 Å². The van der Waals surface area contributed by atoms with Gasteiger partial charge in [-0.25, -0.2) is 0 Å². The van der Waals surface area contributed by atoms with Gasteiger partial charge >= 0.3 is 0 Å². The molecule has 1 N–H and O–H groups in total. The first-order valence-corrected chi connectivity index (χ1v) is 6.53. The maximum atomic E-state index is 11.1. The molecule has 0 spiro atoms. The second-order valence-electron chi connectivity index (χ2n) is 4.00. The van der Waals surface area contributed by atoms with Gasteiger partial charge in [-0.3, -0.25) is 10.1 Å². The Morgan fingerprint density at radius 2 is 1.79 bits per heavy atom. The first-order chi connectivity index (χ1) is 8.90. The van der Waals surface area contributed by atoms with Crippen LogP contribution in [-0.2, 0) is 0 Å². The van der Waals surface area contributed by atoms with Crippen molar-refractivity contribution in [3.8, 4) is 11.5 Å². The number of ether oxygens (including phenoxy) is 2. The van der Waals surface area contributed by atoms with E-state index < -0.39 is 11.0 Å². The number of hydrogen-bond acceptors (Lipinski definition) is 6. The highest BCUT2D eigenvalue weighted by Crippen LogP contribution is 2.41. The van der Waals surface area contributed by atoms with E-state index in [4.69, 9.17) is 9.47 Å². The van der Waals surface area contributed by atoms with Gasteiger partial charge in [0.05, 0.1) is 36.2 Å². The van der Waals surface area contributed by atoms with Gasteiger partial charge in [-0.1, -0.05) is 6.92 Å². The molecule has 0 aliphatic rings. The summed E-state index contributed by atoms with van der Waals surface area (Å²) in [5, 5.41) is 20.4. The maximum absolute atomic E-state index is 11.1. The largest absolute Gasteiger partial charge is 0.493 e. The molecule has 19 heavy (non-hydrogen) atoms. The van der Waals surface area contributed by atoms with Crippen molar-refractivity contribution in [1.82, 2.24) is 0 Å². The molecule has 106 valence electrons. The number of rotatable bonds is 6. The molecule has 0 bridgehead atoms. The van der Waals surface area contributed by atoms with Crippen LogP contribution in [0.3, 0.4) is 0 Å². The van der Waals surface area contributed by atoms with Crippen molar-refractivity contribution in [2.45, 2.75) is 30.1 Å². The Hall–Kier alpha value is -1.47. The highest BCUT2D eigenvalue weighted by molar-refractivity contribution is 8.00. The van der Waals surface area contributed by atoms with E-state index in [0.29, 0.717) is 16.4 Å². The van der Waals surface area contributed by atoms with Gasteiger partial charge in [0.15, 0.2) is 11.5 Å². The molecule has 1 aromatic carbocycles. The first kappa shape index (κ1) is 15.6. The molecule has 1 rings (SSSR count). The number of thioether (sulfide) groups is 1. The zero-order valence-electron chi connectivity index (χ0n) is 11.2. The molecular formula is C12H17NO5S. The minimum atomic E-state index is -0.572. The highest BCUT2D eigenvalue weighted by Gasteiger charge is 2.22. The Balaban J connectivity index is 3.23. The van der Waals surface area contributed by atoms with E-state index in [9.17, 15) is 15.2 Å². The van der Waals surface area contributed by atoms with Gasteiger partial charge in [0.25, 0.3) is 5.69 Å². The van der Waals surface area contributed by atoms with Crippen LogP contribution in [0.2, 0.25) is 0 Å². The Kier molecular flexibility index (Phi) is 5.44. The Morgan fingerprint density at radius 1 is 1.26 bits per heavy atom. The smallest absolute Gasteiger partial charge is 0.286 e. The van der Waals surface area contributed by atoms with Crippen LogP contribution in [0.1, 0.15) is 13.8 Å². The van der Waals surface area contributed by atoms with Gasteiger partial charge in [0.2, 0.25) is 0 Å². The van der Waals surface area contributed by atoms with E-state index in [1.165, 1.54) is 32.0 Å². The van der Waals surface area contributed by atoms with Crippen molar-refractivity contribution < 1.29 is 19.5 Å². The summed E-state index contributed by atoms with van der Waals surface area (Å²) < 4.78 is 10.2.